The van der Waals surface area contributed by atoms with Crippen LogP contribution in [0.5, 0.6) is 0 Å². The monoisotopic (exact) mass is 207 g/mol. The van der Waals surface area contributed by atoms with Gasteiger partial charge in [0.15, 0.2) is 5.78 Å². The van der Waals surface area contributed by atoms with Gasteiger partial charge in [-0.25, -0.2) is 0 Å². The Morgan fingerprint density at radius 2 is 1.93 bits per heavy atom. The van der Waals surface area contributed by atoms with E-state index in [9.17, 15) is 4.79 Å². The molecule has 2 rings (SSSR count). The zero-order chi connectivity index (χ0) is 9.97. The van der Waals surface area contributed by atoms with Gasteiger partial charge in [0.2, 0.25) is 0 Å². The van der Waals surface area contributed by atoms with Gasteiger partial charge in [0.25, 0.3) is 0 Å². The summed E-state index contributed by atoms with van der Waals surface area (Å²) in [6.07, 6.45) is 4.01. The average Bonchev–Trinajstić information content (AvgIpc) is 2.21. The standard InChI is InChI=1S/C11H10ClNO/c12-9-1-3-10(4-2-9)13-7-5-11(14)6-8-13/h1-5,7H,6,8H2. The van der Waals surface area contributed by atoms with Crippen LogP contribution in [-0.2, 0) is 4.79 Å². The average molecular weight is 208 g/mol. The number of ketones is 1. The molecule has 0 fully saturated rings. The smallest absolute Gasteiger partial charge is 0.158 e. The molecule has 1 aliphatic heterocycles. The Morgan fingerprint density at radius 1 is 1.21 bits per heavy atom. The van der Waals surface area contributed by atoms with E-state index in [4.69, 9.17) is 11.6 Å². The van der Waals surface area contributed by atoms with Gasteiger partial charge in [-0.15, -0.1) is 0 Å². The van der Waals surface area contributed by atoms with E-state index in [0.29, 0.717) is 6.42 Å². The van der Waals surface area contributed by atoms with E-state index in [1.165, 1.54) is 0 Å². The van der Waals surface area contributed by atoms with Crippen LogP contribution < -0.4 is 4.90 Å². The van der Waals surface area contributed by atoms with Crippen molar-refractivity contribution in [2.24, 2.45) is 0 Å². The van der Waals surface area contributed by atoms with E-state index in [1.807, 2.05) is 35.4 Å². The van der Waals surface area contributed by atoms with Crippen molar-refractivity contribution in [3.63, 3.8) is 0 Å². The highest BCUT2D eigenvalue weighted by molar-refractivity contribution is 6.30. The van der Waals surface area contributed by atoms with E-state index < -0.39 is 0 Å². The number of allylic oxidation sites excluding steroid dienone is 1. The summed E-state index contributed by atoms with van der Waals surface area (Å²) in [4.78, 5) is 13.0. The second-order valence-electron chi connectivity index (χ2n) is 3.20. The molecule has 0 amide bonds. The Balaban J connectivity index is 2.20. The third-order valence-corrected chi connectivity index (χ3v) is 2.45. The number of hydrogen-bond acceptors (Lipinski definition) is 2. The van der Waals surface area contributed by atoms with Crippen molar-refractivity contribution in [2.75, 3.05) is 11.4 Å². The highest BCUT2D eigenvalue weighted by Crippen LogP contribution is 2.20. The lowest BCUT2D eigenvalue weighted by atomic mass is 10.2. The van der Waals surface area contributed by atoms with Gasteiger partial charge in [0, 0.05) is 29.9 Å². The van der Waals surface area contributed by atoms with Crippen LogP contribution in [0.4, 0.5) is 5.69 Å². The lowest BCUT2D eigenvalue weighted by molar-refractivity contribution is -0.114. The number of nitrogens with zero attached hydrogens (tertiary/aromatic N) is 1. The normalized spacial score (nSPS) is 16.1. The Bertz CT molecular complexity index is 369. The first-order chi connectivity index (χ1) is 6.75. The molecule has 3 heteroatoms. The minimum Gasteiger partial charge on any atom is -0.347 e. The summed E-state index contributed by atoms with van der Waals surface area (Å²) >= 11 is 5.78. The predicted octanol–water partition coefficient (Wildman–Crippen LogP) is 2.63. The SMILES string of the molecule is O=C1C=CN(c2ccc(Cl)cc2)CC1. The first kappa shape index (κ1) is 9.28. The Morgan fingerprint density at radius 3 is 2.50 bits per heavy atom. The maximum absolute atomic E-state index is 11.0. The number of carbonyl (C=O) groups is 1. The molecule has 0 atom stereocenters. The predicted molar refractivity (Wildman–Crippen MR) is 57.6 cm³/mol. The zero-order valence-electron chi connectivity index (χ0n) is 7.61. The number of carbonyl (C=O) groups excluding carboxylic acids is 1. The lowest BCUT2D eigenvalue weighted by Gasteiger charge is -2.22. The molecule has 0 spiro atoms. The van der Waals surface area contributed by atoms with Crippen LogP contribution in [0.15, 0.2) is 36.5 Å². The molecule has 1 aromatic carbocycles. The fourth-order valence-corrected chi connectivity index (χ4v) is 1.54. The third-order valence-electron chi connectivity index (χ3n) is 2.20. The van der Waals surface area contributed by atoms with Crippen molar-refractivity contribution >= 4 is 23.1 Å². The third kappa shape index (κ3) is 1.96. The summed E-state index contributed by atoms with van der Waals surface area (Å²) in [7, 11) is 0. The topological polar surface area (TPSA) is 20.3 Å². The fraction of sp³-hybridized carbons (Fsp3) is 0.182. The molecule has 72 valence electrons. The quantitative estimate of drug-likeness (QED) is 0.706. The molecule has 0 aliphatic carbocycles. The van der Waals surface area contributed by atoms with Crippen molar-refractivity contribution in [1.82, 2.24) is 0 Å². The van der Waals surface area contributed by atoms with E-state index in [0.717, 1.165) is 17.3 Å². The van der Waals surface area contributed by atoms with Gasteiger partial charge in [-0.3, -0.25) is 4.79 Å². The van der Waals surface area contributed by atoms with Gasteiger partial charge in [0.1, 0.15) is 0 Å². The van der Waals surface area contributed by atoms with Crippen LogP contribution >= 0.6 is 11.6 Å². The van der Waals surface area contributed by atoms with Crippen molar-refractivity contribution in [2.45, 2.75) is 6.42 Å². The number of halogens is 1. The Labute approximate surface area is 87.8 Å². The summed E-state index contributed by atoms with van der Waals surface area (Å²) in [5.41, 5.74) is 1.07. The summed E-state index contributed by atoms with van der Waals surface area (Å²) in [5, 5.41) is 0.728. The fourth-order valence-electron chi connectivity index (χ4n) is 1.41. The molecule has 0 saturated heterocycles. The molecule has 0 radical (unpaired) electrons. The molecule has 0 saturated carbocycles. The summed E-state index contributed by atoms with van der Waals surface area (Å²) < 4.78 is 0. The van der Waals surface area contributed by atoms with Crippen LogP contribution in [0.1, 0.15) is 6.42 Å². The first-order valence-corrected chi connectivity index (χ1v) is 4.87. The highest BCUT2D eigenvalue weighted by atomic mass is 35.5. The molecule has 0 bridgehead atoms. The van der Waals surface area contributed by atoms with Crippen LogP contribution in [0.3, 0.4) is 0 Å². The molecule has 0 aromatic heterocycles. The van der Waals surface area contributed by atoms with Gasteiger partial charge < -0.3 is 4.90 Å². The summed E-state index contributed by atoms with van der Waals surface area (Å²) in [6.45, 7) is 0.747. The van der Waals surface area contributed by atoms with E-state index in [1.54, 1.807) is 6.08 Å². The van der Waals surface area contributed by atoms with Gasteiger partial charge in [-0.2, -0.15) is 0 Å². The lowest BCUT2D eigenvalue weighted by Crippen LogP contribution is -2.23. The van der Waals surface area contributed by atoms with Crippen molar-refractivity contribution in [3.05, 3.63) is 41.6 Å². The molecule has 1 aliphatic rings. The largest absolute Gasteiger partial charge is 0.347 e. The minimum atomic E-state index is 0.190. The van der Waals surface area contributed by atoms with Gasteiger partial charge in [-0.1, -0.05) is 11.6 Å². The molecular weight excluding hydrogens is 198 g/mol. The molecule has 0 N–H and O–H groups in total. The minimum absolute atomic E-state index is 0.190. The van der Waals surface area contributed by atoms with Crippen molar-refractivity contribution in [1.29, 1.82) is 0 Å². The van der Waals surface area contributed by atoms with Crippen LogP contribution in [0, 0.1) is 0 Å². The molecular formula is C11H10ClNO. The number of benzene rings is 1. The summed E-state index contributed by atoms with van der Waals surface area (Å²) in [5.74, 6) is 0.190. The highest BCUT2D eigenvalue weighted by Gasteiger charge is 2.10. The summed E-state index contributed by atoms with van der Waals surface area (Å²) in [6, 6.07) is 7.59. The van der Waals surface area contributed by atoms with E-state index in [-0.39, 0.29) is 5.78 Å². The van der Waals surface area contributed by atoms with Gasteiger partial charge in [0.05, 0.1) is 0 Å². The van der Waals surface area contributed by atoms with Crippen LogP contribution in [0.2, 0.25) is 5.02 Å². The van der Waals surface area contributed by atoms with E-state index in [2.05, 4.69) is 0 Å². The van der Waals surface area contributed by atoms with Crippen molar-refractivity contribution < 1.29 is 4.79 Å². The molecule has 1 aromatic rings. The molecule has 2 nitrogen and oxygen atoms in total. The maximum Gasteiger partial charge on any atom is 0.158 e. The number of anilines is 1. The first-order valence-electron chi connectivity index (χ1n) is 4.49. The van der Waals surface area contributed by atoms with Gasteiger partial charge >= 0.3 is 0 Å². The Kier molecular flexibility index (Phi) is 2.55. The second-order valence-corrected chi connectivity index (χ2v) is 3.64. The number of hydrogen-bond donors (Lipinski definition) is 0. The van der Waals surface area contributed by atoms with E-state index >= 15 is 0 Å². The second kappa shape index (κ2) is 3.84. The zero-order valence-corrected chi connectivity index (χ0v) is 8.37. The molecule has 0 unspecified atom stereocenters. The van der Waals surface area contributed by atoms with Crippen molar-refractivity contribution in [3.8, 4) is 0 Å². The Hall–Kier alpha value is -1.28. The molecule has 1 heterocycles. The van der Waals surface area contributed by atoms with Crippen LogP contribution in [-0.4, -0.2) is 12.3 Å². The maximum atomic E-state index is 11.0. The van der Waals surface area contributed by atoms with Crippen LogP contribution in [0.25, 0.3) is 0 Å². The molecule has 14 heavy (non-hydrogen) atoms. The number of rotatable bonds is 1. The van der Waals surface area contributed by atoms with Gasteiger partial charge in [-0.05, 0) is 30.3 Å².